The smallest absolute Gasteiger partial charge is 0.331 e. The SMILES string of the molecule is C/C=C/C=C/C(=O)OC(Cn1ccnc1)c1ccc(Cl)cc1.Cl. The molecule has 1 aromatic carbocycles. The Hall–Kier alpha value is -2.04. The average Bonchev–Trinajstić information content (AvgIpc) is 3.01. The first-order valence-corrected chi connectivity index (χ1v) is 7.28. The van der Waals surface area contributed by atoms with Crippen LogP contribution < -0.4 is 0 Å². The number of carbonyl (C=O) groups excluding carboxylic acids is 1. The monoisotopic (exact) mass is 352 g/mol. The van der Waals surface area contributed by atoms with Gasteiger partial charge in [0.25, 0.3) is 0 Å². The molecule has 0 aliphatic rings. The molecule has 0 aliphatic heterocycles. The van der Waals surface area contributed by atoms with E-state index in [1.165, 1.54) is 6.08 Å². The molecule has 23 heavy (non-hydrogen) atoms. The van der Waals surface area contributed by atoms with Crippen LogP contribution in [0.15, 0.2) is 67.3 Å². The average molecular weight is 353 g/mol. The Morgan fingerprint density at radius 3 is 2.70 bits per heavy atom. The number of ether oxygens (including phenoxy) is 1. The second kappa shape index (κ2) is 9.87. The van der Waals surface area contributed by atoms with E-state index in [4.69, 9.17) is 16.3 Å². The molecule has 1 aromatic heterocycles. The summed E-state index contributed by atoms with van der Waals surface area (Å²) in [6.45, 7) is 2.37. The predicted molar refractivity (Wildman–Crippen MR) is 93.7 cm³/mol. The lowest BCUT2D eigenvalue weighted by Gasteiger charge is -2.18. The quantitative estimate of drug-likeness (QED) is 0.440. The lowest BCUT2D eigenvalue weighted by Crippen LogP contribution is -2.15. The number of hydrogen-bond acceptors (Lipinski definition) is 3. The van der Waals surface area contributed by atoms with Crippen LogP contribution in [0.4, 0.5) is 0 Å². The van der Waals surface area contributed by atoms with Crippen molar-refractivity contribution in [2.45, 2.75) is 19.6 Å². The molecule has 0 saturated heterocycles. The van der Waals surface area contributed by atoms with Crippen molar-refractivity contribution in [3.63, 3.8) is 0 Å². The molecule has 1 heterocycles. The van der Waals surface area contributed by atoms with E-state index >= 15 is 0 Å². The van der Waals surface area contributed by atoms with Crippen LogP contribution in [0.5, 0.6) is 0 Å². The standard InChI is InChI=1S/C17H17ClN2O2.ClH/c1-2-3-4-5-17(21)22-16(12-20-11-10-19-13-20)14-6-8-15(18)9-7-14;/h2-11,13,16H,12H2,1H3;1H/b3-2+,5-4+;. The maximum atomic E-state index is 11.9. The Morgan fingerprint density at radius 1 is 1.35 bits per heavy atom. The van der Waals surface area contributed by atoms with Gasteiger partial charge in [0.05, 0.1) is 12.9 Å². The number of allylic oxidation sites excluding steroid dienone is 3. The largest absolute Gasteiger partial charge is 0.452 e. The highest BCUT2D eigenvalue weighted by molar-refractivity contribution is 6.30. The van der Waals surface area contributed by atoms with E-state index in [1.807, 2.05) is 35.9 Å². The van der Waals surface area contributed by atoms with Crippen LogP contribution in [0.2, 0.25) is 5.02 Å². The van der Waals surface area contributed by atoms with E-state index < -0.39 is 12.1 Å². The number of carbonyl (C=O) groups is 1. The van der Waals surface area contributed by atoms with Crippen molar-refractivity contribution in [2.75, 3.05) is 0 Å². The molecule has 4 nitrogen and oxygen atoms in total. The topological polar surface area (TPSA) is 44.1 Å². The summed E-state index contributed by atoms with van der Waals surface area (Å²) in [6.07, 6.45) is 11.5. The lowest BCUT2D eigenvalue weighted by molar-refractivity contribution is -0.144. The van der Waals surface area contributed by atoms with Crippen molar-refractivity contribution < 1.29 is 9.53 Å². The number of benzene rings is 1. The van der Waals surface area contributed by atoms with Gasteiger partial charge < -0.3 is 9.30 Å². The van der Waals surface area contributed by atoms with Crippen molar-refractivity contribution in [3.8, 4) is 0 Å². The van der Waals surface area contributed by atoms with Crippen LogP contribution in [0.25, 0.3) is 0 Å². The second-order valence-electron chi connectivity index (χ2n) is 4.62. The summed E-state index contributed by atoms with van der Waals surface area (Å²) in [7, 11) is 0. The molecule has 0 N–H and O–H groups in total. The van der Waals surface area contributed by atoms with Gasteiger partial charge in [0, 0.05) is 23.5 Å². The highest BCUT2D eigenvalue weighted by Gasteiger charge is 2.16. The van der Waals surface area contributed by atoms with Crippen molar-refractivity contribution in [1.29, 1.82) is 0 Å². The van der Waals surface area contributed by atoms with Crippen LogP contribution in [-0.4, -0.2) is 15.5 Å². The Morgan fingerprint density at radius 2 is 2.09 bits per heavy atom. The maximum Gasteiger partial charge on any atom is 0.331 e. The van der Waals surface area contributed by atoms with Gasteiger partial charge in [-0.25, -0.2) is 9.78 Å². The maximum absolute atomic E-state index is 11.9. The first-order valence-electron chi connectivity index (χ1n) is 6.90. The Bertz CT molecular complexity index is 650. The highest BCUT2D eigenvalue weighted by atomic mass is 35.5. The van der Waals surface area contributed by atoms with Gasteiger partial charge in [0.1, 0.15) is 6.10 Å². The fourth-order valence-electron chi connectivity index (χ4n) is 1.90. The summed E-state index contributed by atoms with van der Waals surface area (Å²) in [5.74, 6) is -0.391. The molecule has 2 rings (SSSR count). The van der Waals surface area contributed by atoms with E-state index in [-0.39, 0.29) is 12.4 Å². The molecule has 1 unspecified atom stereocenters. The molecule has 0 bridgehead atoms. The molecule has 0 fully saturated rings. The number of nitrogens with zero attached hydrogens (tertiary/aromatic N) is 2. The van der Waals surface area contributed by atoms with E-state index in [1.54, 1.807) is 36.8 Å². The number of halogens is 2. The van der Waals surface area contributed by atoms with Crippen molar-refractivity contribution in [2.24, 2.45) is 0 Å². The van der Waals surface area contributed by atoms with Gasteiger partial charge in [-0.3, -0.25) is 0 Å². The summed E-state index contributed by atoms with van der Waals surface area (Å²) in [5.41, 5.74) is 0.880. The molecule has 0 radical (unpaired) electrons. The number of hydrogen-bond donors (Lipinski definition) is 0. The van der Waals surface area contributed by atoms with Gasteiger partial charge in [0.2, 0.25) is 0 Å². The van der Waals surface area contributed by atoms with E-state index in [0.29, 0.717) is 11.6 Å². The zero-order valence-electron chi connectivity index (χ0n) is 12.6. The molecular formula is C17H18Cl2N2O2. The fourth-order valence-corrected chi connectivity index (χ4v) is 2.03. The fraction of sp³-hybridized carbons (Fsp3) is 0.176. The number of imidazole rings is 1. The summed E-state index contributed by atoms with van der Waals surface area (Å²) >= 11 is 5.91. The lowest BCUT2D eigenvalue weighted by atomic mass is 10.1. The van der Waals surface area contributed by atoms with Gasteiger partial charge in [-0.1, -0.05) is 42.0 Å². The third-order valence-electron chi connectivity index (χ3n) is 2.97. The molecule has 122 valence electrons. The number of rotatable bonds is 6. The first kappa shape index (κ1) is 19.0. The third-order valence-corrected chi connectivity index (χ3v) is 3.22. The van der Waals surface area contributed by atoms with Crippen LogP contribution in [0, 0.1) is 0 Å². The molecule has 0 saturated carbocycles. The van der Waals surface area contributed by atoms with Crippen LogP contribution in [0.1, 0.15) is 18.6 Å². The van der Waals surface area contributed by atoms with Crippen LogP contribution >= 0.6 is 24.0 Å². The molecular weight excluding hydrogens is 335 g/mol. The molecule has 6 heteroatoms. The van der Waals surface area contributed by atoms with E-state index in [0.717, 1.165) is 5.56 Å². The second-order valence-corrected chi connectivity index (χ2v) is 5.06. The van der Waals surface area contributed by atoms with Crippen molar-refractivity contribution in [1.82, 2.24) is 9.55 Å². The first-order chi connectivity index (χ1) is 10.7. The molecule has 0 amide bonds. The van der Waals surface area contributed by atoms with Gasteiger partial charge in [0.15, 0.2) is 0 Å². The number of aromatic nitrogens is 2. The summed E-state index contributed by atoms with van der Waals surface area (Å²) in [6, 6.07) is 7.27. The predicted octanol–water partition coefficient (Wildman–Crippen LogP) is 4.38. The van der Waals surface area contributed by atoms with Crippen molar-refractivity contribution in [3.05, 3.63) is 77.9 Å². The van der Waals surface area contributed by atoms with E-state index in [2.05, 4.69) is 4.98 Å². The molecule has 1 atom stereocenters. The minimum atomic E-state index is -0.408. The molecule has 0 spiro atoms. The molecule has 2 aromatic rings. The van der Waals surface area contributed by atoms with Gasteiger partial charge in [-0.05, 0) is 24.6 Å². The zero-order valence-corrected chi connectivity index (χ0v) is 14.2. The normalized spacial score (nSPS) is 12.3. The number of esters is 1. The summed E-state index contributed by atoms with van der Waals surface area (Å²) in [4.78, 5) is 15.9. The van der Waals surface area contributed by atoms with Crippen molar-refractivity contribution >= 4 is 30.0 Å². The van der Waals surface area contributed by atoms with Gasteiger partial charge in [-0.15, -0.1) is 12.4 Å². The summed E-state index contributed by atoms with van der Waals surface area (Å²) in [5, 5.41) is 0.643. The Labute approximate surface area is 146 Å². The minimum absolute atomic E-state index is 0. The van der Waals surface area contributed by atoms with E-state index in [9.17, 15) is 4.79 Å². The zero-order chi connectivity index (χ0) is 15.8. The Kier molecular flexibility index (Phi) is 8.16. The van der Waals surface area contributed by atoms with Gasteiger partial charge in [-0.2, -0.15) is 0 Å². The van der Waals surface area contributed by atoms with Gasteiger partial charge >= 0.3 is 5.97 Å². The minimum Gasteiger partial charge on any atom is -0.452 e. The highest BCUT2D eigenvalue weighted by Crippen LogP contribution is 2.22. The molecule has 0 aliphatic carbocycles. The Balaban J connectivity index is 0.00000264. The third kappa shape index (κ3) is 6.30. The van der Waals surface area contributed by atoms with Crippen LogP contribution in [-0.2, 0) is 16.1 Å². The van der Waals surface area contributed by atoms with Crippen LogP contribution in [0.3, 0.4) is 0 Å². The summed E-state index contributed by atoms with van der Waals surface area (Å²) < 4.78 is 7.41.